The summed E-state index contributed by atoms with van der Waals surface area (Å²) < 4.78 is 11.3. The number of aromatic nitrogens is 2. The van der Waals surface area contributed by atoms with E-state index in [0.717, 1.165) is 19.3 Å². The van der Waals surface area contributed by atoms with Gasteiger partial charge in [-0.15, -0.1) is 0 Å². The summed E-state index contributed by atoms with van der Waals surface area (Å²) in [7, 11) is 0. The predicted molar refractivity (Wildman–Crippen MR) is 73.2 cm³/mol. The second kappa shape index (κ2) is 4.76. The smallest absolute Gasteiger partial charge is 0.293 e. The van der Waals surface area contributed by atoms with E-state index in [1.165, 1.54) is 6.42 Å². The Morgan fingerprint density at radius 2 is 2.32 bits per heavy atom. The van der Waals surface area contributed by atoms with Crippen molar-refractivity contribution in [1.29, 1.82) is 0 Å². The molecule has 0 aromatic carbocycles. The van der Waals surface area contributed by atoms with Crippen LogP contribution in [0.25, 0.3) is 11.7 Å². The van der Waals surface area contributed by atoms with E-state index in [2.05, 4.69) is 33.0 Å². The van der Waals surface area contributed by atoms with Crippen LogP contribution >= 0.6 is 15.9 Å². The monoisotopic (exact) mass is 325 g/mol. The van der Waals surface area contributed by atoms with E-state index in [-0.39, 0.29) is 0 Å². The van der Waals surface area contributed by atoms with E-state index in [4.69, 9.17) is 14.7 Å². The van der Waals surface area contributed by atoms with Crippen LogP contribution in [-0.2, 0) is 5.54 Å². The molecule has 2 aromatic rings. The highest BCUT2D eigenvalue weighted by Crippen LogP contribution is 2.37. The minimum atomic E-state index is -0.469. The standard InChI is InChI=1S/C13H16BrN3O2/c1-8-3-2-6-13(15,7-8)12-16-11(19-17-12)9-4-5-10(14)18-9/h4-5,8H,2-3,6-7,15H2,1H3. The molecule has 0 saturated heterocycles. The highest BCUT2D eigenvalue weighted by atomic mass is 79.9. The van der Waals surface area contributed by atoms with Crippen LogP contribution in [0, 0.1) is 5.92 Å². The molecule has 1 fully saturated rings. The zero-order chi connectivity index (χ0) is 13.5. The Bertz CT molecular complexity index is 580. The van der Waals surface area contributed by atoms with Gasteiger partial charge in [0.25, 0.3) is 5.89 Å². The lowest BCUT2D eigenvalue weighted by atomic mass is 9.76. The molecule has 2 aromatic heterocycles. The van der Waals surface area contributed by atoms with Crippen LogP contribution in [0.15, 0.2) is 25.7 Å². The van der Waals surface area contributed by atoms with Gasteiger partial charge in [0.1, 0.15) is 0 Å². The molecule has 5 nitrogen and oxygen atoms in total. The molecule has 0 amide bonds. The summed E-state index contributed by atoms with van der Waals surface area (Å²) in [6.45, 7) is 2.21. The second-order valence-corrected chi connectivity index (χ2v) is 6.17. The highest BCUT2D eigenvalue weighted by Gasteiger charge is 2.37. The zero-order valence-electron chi connectivity index (χ0n) is 10.7. The van der Waals surface area contributed by atoms with Gasteiger partial charge in [-0.1, -0.05) is 24.9 Å². The molecule has 19 heavy (non-hydrogen) atoms. The van der Waals surface area contributed by atoms with Crippen molar-refractivity contribution in [3.8, 4) is 11.7 Å². The van der Waals surface area contributed by atoms with Gasteiger partial charge in [-0.2, -0.15) is 4.98 Å². The van der Waals surface area contributed by atoms with Crippen molar-refractivity contribution in [3.05, 3.63) is 22.6 Å². The van der Waals surface area contributed by atoms with Crippen molar-refractivity contribution in [1.82, 2.24) is 10.1 Å². The van der Waals surface area contributed by atoms with E-state index in [9.17, 15) is 0 Å². The van der Waals surface area contributed by atoms with E-state index >= 15 is 0 Å². The molecule has 102 valence electrons. The van der Waals surface area contributed by atoms with Crippen LogP contribution < -0.4 is 5.73 Å². The molecule has 2 N–H and O–H groups in total. The molecule has 0 spiro atoms. The van der Waals surface area contributed by atoms with Crippen LogP contribution in [0.3, 0.4) is 0 Å². The number of hydrogen-bond acceptors (Lipinski definition) is 5. The van der Waals surface area contributed by atoms with Gasteiger partial charge in [-0.05, 0) is 46.8 Å². The molecular formula is C13H16BrN3O2. The van der Waals surface area contributed by atoms with Crippen molar-refractivity contribution in [2.45, 2.75) is 38.1 Å². The fourth-order valence-electron chi connectivity index (χ4n) is 2.75. The average Bonchev–Trinajstić information content (AvgIpc) is 2.96. The first-order valence-corrected chi connectivity index (χ1v) is 7.25. The van der Waals surface area contributed by atoms with Gasteiger partial charge in [0.2, 0.25) is 0 Å². The normalized spacial score (nSPS) is 27.6. The van der Waals surface area contributed by atoms with Gasteiger partial charge in [-0.25, -0.2) is 0 Å². The Morgan fingerprint density at radius 1 is 1.47 bits per heavy atom. The van der Waals surface area contributed by atoms with Gasteiger partial charge in [0.15, 0.2) is 16.3 Å². The first-order valence-electron chi connectivity index (χ1n) is 6.46. The van der Waals surface area contributed by atoms with Crippen molar-refractivity contribution < 1.29 is 8.94 Å². The van der Waals surface area contributed by atoms with E-state index in [1.807, 2.05) is 0 Å². The maximum absolute atomic E-state index is 6.44. The lowest BCUT2D eigenvalue weighted by Crippen LogP contribution is -2.42. The number of hydrogen-bond donors (Lipinski definition) is 1. The molecule has 1 aliphatic rings. The number of nitrogens with zero attached hydrogens (tertiary/aromatic N) is 2. The molecular weight excluding hydrogens is 310 g/mol. The summed E-state index contributed by atoms with van der Waals surface area (Å²) in [5.41, 5.74) is 5.97. The minimum Gasteiger partial charge on any atom is -0.444 e. The van der Waals surface area contributed by atoms with Gasteiger partial charge >= 0.3 is 0 Å². The molecule has 0 aliphatic heterocycles. The Hall–Kier alpha value is -1.14. The first kappa shape index (κ1) is 12.9. The fourth-order valence-corrected chi connectivity index (χ4v) is 3.06. The Kier molecular flexibility index (Phi) is 3.22. The summed E-state index contributed by atoms with van der Waals surface area (Å²) in [4.78, 5) is 4.41. The van der Waals surface area contributed by atoms with Gasteiger partial charge in [0, 0.05) is 0 Å². The minimum absolute atomic E-state index is 0.378. The third-order valence-electron chi connectivity index (χ3n) is 3.69. The molecule has 1 saturated carbocycles. The number of rotatable bonds is 2. The quantitative estimate of drug-likeness (QED) is 0.914. The summed E-state index contributed by atoms with van der Waals surface area (Å²) in [5, 5.41) is 4.05. The molecule has 2 heterocycles. The average molecular weight is 326 g/mol. The van der Waals surface area contributed by atoms with Crippen LogP contribution in [0.2, 0.25) is 0 Å². The van der Waals surface area contributed by atoms with Crippen LogP contribution in [0.5, 0.6) is 0 Å². The lowest BCUT2D eigenvalue weighted by molar-refractivity contribution is 0.222. The van der Waals surface area contributed by atoms with Gasteiger partial charge in [-0.3, -0.25) is 0 Å². The number of halogens is 1. The van der Waals surface area contributed by atoms with E-state index < -0.39 is 5.54 Å². The molecule has 2 atom stereocenters. The summed E-state index contributed by atoms with van der Waals surface area (Å²) in [6.07, 6.45) is 4.12. The molecule has 2 unspecified atom stereocenters. The molecule has 1 aliphatic carbocycles. The largest absolute Gasteiger partial charge is 0.444 e. The zero-order valence-corrected chi connectivity index (χ0v) is 12.3. The van der Waals surface area contributed by atoms with Crippen molar-refractivity contribution in [2.75, 3.05) is 0 Å². The second-order valence-electron chi connectivity index (χ2n) is 5.38. The Labute approximate surface area is 119 Å². The fraction of sp³-hybridized carbons (Fsp3) is 0.538. The molecule has 0 radical (unpaired) electrons. The van der Waals surface area contributed by atoms with Crippen LogP contribution in [0.1, 0.15) is 38.4 Å². The summed E-state index contributed by atoms with van der Waals surface area (Å²) in [6, 6.07) is 3.58. The Balaban J connectivity index is 1.88. The molecule has 6 heteroatoms. The third-order valence-corrected chi connectivity index (χ3v) is 4.11. The number of furan rings is 1. The van der Waals surface area contributed by atoms with E-state index in [1.54, 1.807) is 12.1 Å². The highest BCUT2D eigenvalue weighted by molar-refractivity contribution is 9.10. The predicted octanol–water partition coefficient (Wildman–Crippen LogP) is 3.46. The maximum Gasteiger partial charge on any atom is 0.293 e. The van der Waals surface area contributed by atoms with Crippen molar-refractivity contribution in [3.63, 3.8) is 0 Å². The first-order chi connectivity index (χ1) is 9.07. The third kappa shape index (κ3) is 2.47. The lowest BCUT2D eigenvalue weighted by Gasteiger charge is -2.33. The topological polar surface area (TPSA) is 78.1 Å². The summed E-state index contributed by atoms with van der Waals surface area (Å²) in [5.74, 6) is 2.11. The van der Waals surface area contributed by atoms with Gasteiger partial charge in [0.05, 0.1) is 5.54 Å². The van der Waals surface area contributed by atoms with Crippen molar-refractivity contribution >= 4 is 15.9 Å². The van der Waals surface area contributed by atoms with Crippen LogP contribution in [0.4, 0.5) is 0 Å². The van der Waals surface area contributed by atoms with Crippen LogP contribution in [-0.4, -0.2) is 10.1 Å². The molecule has 3 rings (SSSR count). The number of nitrogens with two attached hydrogens (primary N) is 1. The van der Waals surface area contributed by atoms with Gasteiger partial charge < -0.3 is 14.7 Å². The van der Waals surface area contributed by atoms with E-state index in [0.29, 0.717) is 28.1 Å². The Morgan fingerprint density at radius 3 is 3.00 bits per heavy atom. The SMILES string of the molecule is CC1CCCC(N)(c2noc(-c3ccc(Br)o3)n2)C1. The van der Waals surface area contributed by atoms with Crippen molar-refractivity contribution in [2.24, 2.45) is 11.7 Å². The molecule has 0 bridgehead atoms. The summed E-state index contributed by atoms with van der Waals surface area (Å²) >= 11 is 3.25. The maximum atomic E-state index is 6.44.